The number of fused-ring (bicyclic) bond motifs is 1. The number of hydrogen-bond donors (Lipinski definition) is 1. The first-order valence-electron chi connectivity index (χ1n) is 7.82. The van der Waals surface area contributed by atoms with Gasteiger partial charge in [0.25, 0.3) is 5.56 Å². The molecule has 1 N–H and O–H groups in total. The van der Waals surface area contributed by atoms with Gasteiger partial charge in [-0.1, -0.05) is 37.8 Å². The van der Waals surface area contributed by atoms with Gasteiger partial charge in [-0.25, -0.2) is 4.98 Å². The van der Waals surface area contributed by atoms with Crippen molar-refractivity contribution < 1.29 is 0 Å². The average molecular weight is 305 g/mol. The molecule has 0 bridgehead atoms. The molecule has 0 spiro atoms. The first-order valence-corrected chi connectivity index (χ1v) is 8.20. The molecule has 2 atom stereocenters. The van der Waals surface area contributed by atoms with Gasteiger partial charge in [0.05, 0.1) is 11.0 Å². The van der Waals surface area contributed by atoms with Crippen molar-refractivity contribution in [3.8, 4) is 0 Å². The minimum atomic E-state index is -0.0828. The predicted octanol–water partition coefficient (Wildman–Crippen LogP) is 4.34. The molecule has 1 saturated carbocycles. The van der Waals surface area contributed by atoms with Crippen molar-refractivity contribution in [1.82, 2.24) is 9.97 Å². The number of aryl methyl sites for hydroxylation is 1. The lowest BCUT2D eigenvalue weighted by atomic mass is 10.1. The molecule has 3 nitrogen and oxygen atoms in total. The summed E-state index contributed by atoms with van der Waals surface area (Å²) in [6.45, 7) is 2.33. The van der Waals surface area contributed by atoms with E-state index in [4.69, 9.17) is 11.6 Å². The van der Waals surface area contributed by atoms with Gasteiger partial charge < -0.3 is 4.98 Å². The number of nitrogens with one attached hydrogen (secondary N) is 1. The van der Waals surface area contributed by atoms with Gasteiger partial charge in [-0.2, -0.15) is 0 Å². The number of benzene rings is 1. The SMILES string of the molecule is CC1CC1CCCCCc1nc2ccc(Cl)cc2[nH]c1=O. The Morgan fingerprint density at radius 3 is 2.90 bits per heavy atom. The number of aromatic nitrogens is 2. The molecule has 0 amide bonds. The summed E-state index contributed by atoms with van der Waals surface area (Å²) in [6, 6.07) is 5.40. The first-order chi connectivity index (χ1) is 10.1. The molecule has 2 unspecified atom stereocenters. The number of hydrogen-bond acceptors (Lipinski definition) is 2. The van der Waals surface area contributed by atoms with Crippen LogP contribution in [0.15, 0.2) is 23.0 Å². The van der Waals surface area contributed by atoms with E-state index in [2.05, 4.69) is 16.9 Å². The highest BCUT2D eigenvalue weighted by Crippen LogP contribution is 2.41. The lowest BCUT2D eigenvalue weighted by Gasteiger charge is -2.03. The van der Waals surface area contributed by atoms with Gasteiger partial charge in [-0.3, -0.25) is 4.79 Å². The van der Waals surface area contributed by atoms with Crippen LogP contribution in [0.4, 0.5) is 0 Å². The fourth-order valence-electron chi connectivity index (χ4n) is 2.94. The minimum absolute atomic E-state index is 0.0828. The summed E-state index contributed by atoms with van der Waals surface area (Å²) < 4.78 is 0. The second-order valence-electron chi connectivity index (χ2n) is 6.25. The summed E-state index contributed by atoms with van der Waals surface area (Å²) in [5, 5.41) is 0.613. The van der Waals surface area contributed by atoms with Crippen LogP contribution in [-0.4, -0.2) is 9.97 Å². The smallest absolute Gasteiger partial charge is 0.270 e. The molecule has 1 aromatic carbocycles. The molecule has 2 aromatic rings. The Labute approximate surface area is 129 Å². The molecule has 3 rings (SSSR count). The summed E-state index contributed by atoms with van der Waals surface area (Å²) >= 11 is 5.92. The number of aromatic amines is 1. The summed E-state index contributed by atoms with van der Waals surface area (Å²) in [5.41, 5.74) is 2.07. The Hall–Kier alpha value is -1.35. The number of rotatable bonds is 6. The van der Waals surface area contributed by atoms with Crippen molar-refractivity contribution in [3.05, 3.63) is 39.3 Å². The molecule has 1 fully saturated rings. The van der Waals surface area contributed by atoms with Crippen LogP contribution >= 0.6 is 11.6 Å². The van der Waals surface area contributed by atoms with Crippen LogP contribution in [0.5, 0.6) is 0 Å². The molecule has 112 valence electrons. The van der Waals surface area contributed by atoms with Gasteiger partial charge in [0.15, 0.2) is 0 Å². The van der Waals surface area contributed by atoms with Gasteiger partial charge in [-0.15, -0.1) is 0 Å². The Morgan fingerprint density at radius 2 is 2.14 bits per heavy atom. The highest BCUT2D eigenvalue weighted by molar-refractivity contribution is 6.31. The molecule has 1 aromatic heterocycles. The van der Waals surface area contributed by atoms with Crippen LogP contribution in [0, 0.1) is 11.8 Å². The van der Waals surface area contributed by atoms with E-state index in [0.29, 0.717) is 16.2 Å². The second kappa shape index (κ2) is 6.18. The monoisotopic (exact) mass is 304 g/mol. The summed E-state index contributed by atoms with van der Waals surface area (Å²) in [4.78, 5) is 19.4. The van der Waals surface area contributed by atoms with Crippen molar-refractivity contribution in [1.29, 1.82) is 0 Å². The van der Waals surface area contributed by atoms with E-state index >= 15 is 0 Å². The van der Waals surface area contributed by atoms with Crippen LogP contribution in [-0.2, 0) is 6.42 Å². The van der Waals surface area contributed by atoms with E-state index in [1.54, 1.807) is 12.1 Å². The second-order valence-corrected chi connectivity index (χ2v) is 6.68. The fourth-order valence-corrected chi connectivity index (χ4v) is 3.12. The lowest BCUT2D eigenvalue weighted by Crippen LogP contribution is -2.15. The van der Waals surface area contributed by atoms with E-state index in [1.807, 2.05) is 6.07 Å². The highest BCUT2D eigenvalue weighted by Gasteiger charge is 2.31. The minimum Gasteiger partial charge on any atom is -0.319 e. The summed E-state index contributed by atoms with van der Waals surface area (Å²) in [7, 11) is 0. The van der Waals surface area contributed by atoms with Crippen LogP contribution in [0.1, 0.15) is 44.7 Å². The van der Waals surface area contributed by atoms with E-state index in [9.17, 15) is 4.79 Å². The zero-order valence-electron chi connectivity index (χ0n) is 12.4. The summed E-state index contributed by atoms with van der Waals surface area (Å²) in [5.74, 6) is 1.92. The standard InChI is InChI=1S/C17H21ClN2O/c1-11-9-12(11)5-3-2-4-6-15-17(21)20-16-10-13(18)7-8-14(16)19-15/h7-8,10-12H,2-6,9H2,1H3,(H,20,21). The van der Waals surface area contributed by atoms with Crippen molar-refractivity contribution in [2.75, 3.05) is 0 Å². The van der Waals surface area contributed by atoms with Crippen molar-refractivity contribution >= 4 is 22.6 Å². The zero-order chi connectivity index (χ0) is 14.8. The van der Waals surface area contributed by atoms with Gasteiger partial charge >= 0.3 is 0 Å². The topological polar surface area (TPSA) is 45.8 Å². The molecule has 0 saturated heterocycles. The molecule has 0 radical (unpaired) electrons. The lowest BCUT2D eigenvalue weighted by molar-refractivity contribution is 0.579. The number of nitrogens with zero attached hydrogens (tertiary/aromatic N) is 1. The quantitative estimate of drug-likeness (QED) is 0.807. The number of H-pyrrole nitrogens is 1. The number of halogens is 1. The third kappa shape index (κ3) is 3.65. The predicted molar refractivity (Wildman–Crippen MR) is 86.8 cm³/mol. The van der Waals surface area contributed by atoms with E-state index in [1.165, 1.54) is 25.7 Å². The molecule has 1 aliphatic carbocycles. The maximum Gasteiger partial charge on any atom is 0.270 e. The maximum atomic E-state index is 12.0. The summed E-state index contributed by atoms with van der Waals surface area (Å²) in [6.07, 6.45) is 7.01. The van der Waals surface area contributed by atoms with E-state index in [-0.39, 0.29) is 5.56 Å². The van der Waals surface area contributed by atoms with E-state index < -0.39 is 0 Å². The normalized spacial score (nSPS) is 20.9. The molecule has 4 heteroatoms. The highest BCUT2D eigenvalue weighted by atomic mass is 35.5. The van der Waals surface area contributed by atoms with Crippen molar-refractivity contribution in [2.45, 2.75) is 45.4 Å². The van der Waals surface area contributed by atoms with Gasteiger partial charge in [-0.05, 0) is 49.3 Å². The van der Waals surface area contributed by atoms with Crippen LogP contribution in [0.25, 0.3) is 11.0 Å². The molecule has 1 aliphatic rings. The average Bonchev–Trinajstić information content (AvgIpc) is 3.15. The van der Waals surface area contributed by atoms with Crippen molar-refractivity contribution in [2.24, 2.45) is 11.8 Å². The molecular weight excluding hydrogens is 284 g/mol. The van der Waals surface area contributed by atoms with E-state index in [0.717, 1.165) is 30.2 Å². The van der Waals surface area contributed by atoms with Gasteiger partial charge in [0.2, 0.25) is 0 Å². The van der Waals surface area contributed by atoms with Crippen LogP contribution in [0.2, 0.25) is 5.02 Å². The van der Waals surface area contributed by atoms with Crippen molar-refractivity contribution in [3.63, 3.8) is 0 Å². The zero-order valence-corrected chi connectivity index (χ0v) is 13.1. The van der Waals surface area contributed by atoms with Crippen LogP contribution in [0.3, 0.4) is 0 Å². The first kappa shape index (κ1) is 14.6. The third-order valence-electron chi connectivity index (χ3n) is 4.49. The van der Waals surface area contributed by atoms with Crippen LogP contribution < -0.4 is 5.56 Å². The molecular formula is C17H21ClN2O. The Balaban J connectivity index is 1.57. The Kier molecular flexibility index (Phi) is 4.29. The Bertz CT molecular complexity index is 695. The molecule has 21 heavy (non-hydrogen) atoms. The van der Waals surface area contributed by atoms with Gasteiger partial charge in [0.1, 0.15) is 5.69 Å². The Morgan fingerprint density at radius 1 is 1.33 bits per heavy atom. The maximum absolute atomic E-state index is 12.0. The molecule has 0 aliphatic heterocycles. The van der Waals surface area contributed by atoms with Gasteiger partial charge in [0, 0.05) is 5.02 Å². The fraction of sp³-hybridized carbons (Fsp3) is 0.529. The molecule has 1 heterocycles. The number of unbranched alkanes of at least 4 members (excludes halogenated alkanes) is 2. The third-order valence-corrected chi connectivity index (χ3v) is 4.72. The largest absolute Gasteiger partial charge is 0.319 e.